The molecule has 0 aromatic heterocycles. The van der Waals surface area contributed by atoms with Gasteiger partial charge in [-0.15, -0.1) is 0 Å². The third-order valence-electron chi connectivity index (χ3n) is 4.27. The average Bonchev–Trinajstić information content (AvgIpc) is 2.47. The van der Waals surface area contributed by atoms with Crippen molar-refractivity contribution in [3.05, 3.63) is 0 Å². The van der Waals surface area contributed by atoms with Gasteiger partial charge in [-0.1, -0.05) is 103 Å². The number of rotatable bonds is 16. The molecule has 0 aliphatic rings. The van der Waals surface area contributed by atoms with Crippen LogP contribution < -0.4 is 0 Å². The molecule has 0 aromatic carbocycles. The lowest BCUT2D eigenvalue weighted by Gasteiger charge is -2.12. The molecule has 0 aliphatic carbocycles. The highest BCUT2D eigenvalue weighted by atomic mass is 32.1. The summed E-state index contributed by atoms with van der Waals surface area (Å²) in [5, 5.41) is 0. The molecule has 0 aromatic rings. The van der Waals surface area contributed by atoms with Crippen LogP contribution in [0.2, 0.25) is 0 Å². The summed E-state index contributed by atoms with van der Waals surface area (Å²) >= 11 is 8.81. The van der Waals surface area contributed by atoms with E-state index in [9.17, 15) is 0 Å². The van der Waals surface area contributed by atoms with Gasteiger partial charge in [-0.2, -0.15) is 0 Å². The molecule has 0 rings (SSSR count). The summed E-state index contributed by atoms with van der Waals surface area (Å²) in [5.74, 6) is 0. The van der Waals surface area contributed by atoms with Crippen LogP contribution >= 0.6 is 24.8 Å². The van der Waals surface area contributed by atoms with Crippen molar-refractivity contribution in [2.45, 2.75) is 116 Å². The minimum Gasteiger partial charge on any atom is -0.476 e. The van der Waals surface area contributed by atoms with Crippen molar-refractivity contribution in [3.8, 4) is 0 Å². The molecular formula is C19H38OS2. The fourth-order valence-corrected chi connectivity index (χ4v) is 3.20. The van der Waals surface area contributed by atoms with Crippen molar-refractivity contribution >= 4 is 29.2 Å². The average molecular weight is 347 g/mol. The molecule has 3 heteroatoms. The van der Waals surface area contributed by atoms with Gasteiger partial charge in [0.05, 0.1) is 6.10 Å². The molecule has 0 fully saturated rings. The Bertz CT molecular complexity index is 244. The molecular weight excluding hydrogens is 308 g/mol. The minimum atomic E-state index is 0.224. The lowest BCUT2D eigenvalue weighted by molar-refractivity contribution is 0.206. The summed E-state index contributed by atoms with van der Waals surface area (Å²) in [6.07, 6.45) is 21.0. The molecule has 132 valence electrons. The van der Waals surface area contributed by atoms with Gasteiger partial charge in [0.2, 0.25) is 4.38 Å². The molecule has 0 bridgehead atoms. The molecule has 0 N–H and O–H groups in total. The van der Waals surface area contributed by atoms with Crippen LogP contribution in [0.4, 0.5) is 0 Å². The fourth-order valence-electron chi connectivity index (χ4n) is 2.86. The first kappa shape index (κ1) is 22.2. The molecule has 0 heterocycles. The van der Waals surface area contributed by atoms with E-state index in [1.165, 1.54) is 89.9 Å². The smallest absolute Gasteiger partial charge is 0.217 e. The maximum atomic E-state index is 5.36. The van der Waals surface area contributed by atoms with Gasteiger partial charge in [0.25, 0.3) is 0 Å². The number of hydrogen-bond acceptors (Lipinski definition) is 2. The maximum Gasteiger partial charge on any atom is 0.217 e. The Kier molecular flexibility index (Phi) is 17.8. The number of unbranched alkanes of at least 4 members (excludes halogenated alkanes) is 13. The topological polar surface area (TPSA) is 9.23 Å². The summed E-state index contributed by atoms with van der Waals surface area (Å²) < 4.78 is 5.73. The van der Waals surface area contributed by atoms with E-state index in [0.29, 0.717) is 4.38 Å². The van der Waals surface area contributed by atoms with E-state index in [0.717, 1.165) is 6.42 Å². The summed E-state index contributed by atoms with van der Waals surface area (Å²) in [4.78, 5) is 0. The lowest BCUT2D eigenvalue weighted by Crippen LogP contribution is -2.09. The first-order valence-electron chi connectivity index (χ1n) is 9.56. The van der Waals surface area contributed by atoms with E-state index in [4.69, 9.17) is 17.0 Å². The SMILES string of the molecule is CCCCCCCCCCCCCCCCC(C)OC(=S)S. The normalized spacial score (nSPS) is 12.3. The second-order valence-corrected chi connectivity index (χ2v) is 7.66. The second kappa shape index (κ2) is 17.6. The lowest BCUT2D eigenvalue weighted by atomic mass is 10.0. The van der Waals surface area contributed by atoms with Crippen molar-refractivity contribution in [2.75, 3.05) is 0 Å². The van der Waals surface area contributed by atoms with Gasteiger partial charge < -0.3 is 4.74 Å². The molecule has 0 saturated carbocycles. The van der Waals surface area contributed by atoms with Gasteiger partial charge >= 0.3 is 0 Å². The second-order valence-electron chi connectivity index (χ2n) is 6.58. The van der Waals surface area contributed by atoms with E-state index >= 15 is 0 Å². The highest BCUT2D eigenvalue weighted by Gasteiger charge is 2.03. The van der Waals surface area contributed by atoms with Gasteiger partial charge in [0, 0.05) is 0 Å². The predicted molar refractivity (Wildman–Crippen MR) is 107 cm³/mol. The van der Waals surface area contributed by atoms with E-state index < -0.39 is 0 Å². The zero-order chi connectivity index (χ0) is 16.5. The Balaban J connectivity index is 3.07. The molecule has 1 nitrogen and oxygen atoms in total. The van der Waals surface area contributed by atoms with Gasteiger partial charge in [0.1, 0.15) is 0 Å². The van der Waals surface area contributed by atoms with Gasteiger partial charge in [-0.3, -0.25) is 0 Å². The minimum absolute atomic E-state index is 0.224. The highest BCUT2D eigenvalue weighted by molar-refractivity contribution is 8.10. The molecule has 0 amide bonds. The highest BCUT2D eigenvalue weighted by Crippen LogP contribution is 2.14. The molecule has 22 heavy (non-hydrogen) atoms. The zero-order valence-electron chi connectivity index (χ0n) is 14.9. The van der Waals surface area contributed by atoms with Crippen LogP contribution in [0.15, 0.2) is 0 Å². The number of thiol groups is 1. The van der Waals surface area contributed by atoms with Crippen LogP contribution in [0.3, 0.4) is 0 Å². The van der Waals surface area contributed by atoms with Crippen molar-refractivity contribution in [3.63, 3.8) is 0 Å². The first-order valence-corrected chi connectivity index (χ1v) is 10.4. The van der Waals surface area contributed by atoms with Crippen LogP contribution in [-0.4, -0.2) is 10.5 Å². The number of thiocarbonyl (C=S) groups is 1. The Morgan fingerprint density at radius 3 is 1.50 bits per heavy atom. The van der Waals surface area contributed by atoms with Crippen molar-refractivity contribution in [2.24, 2.45) is 0 Å². The van der Waals surface area contributed by atoms with Gasteiger partial charge in [-0.25, -0.2) is 0 Å². The Morgan fingerprint density at radius 2 is 1.14 bits per heavy atom. The Hall–Kier alpha value is 0.240. The van der Waals surface area contributed by atoms with E-state index in [1.807, 2.05) is 0 Å². The number of hydrogen-bond donors (Lipinski definition) is 1. The van der Waals surface area contributed by atoms with Gasteiger partial charge in [0.15, 0.2) is 0 Å². The summed E-state index contributed by atoms with van der Waals surface area (Å²) in [6.45, 7) is 4.36. The monoisotopic (exact) mass is 346 g/mol. The molecule has 0 aliphatic heterocycles. The third-order valence-corrected chi connectivity index (χ3v) is 4.47. The van der Waals surface area contributed by atoms with Crippen LogP contribution in [0.1, 0.15) is 110 Å². The van der Waals surface area contributed by atoms with Crippen molar-refractivity contribution in [1.82, 2.24) is 0 Å². The zero-order valence-corrected chi connectivity index (χ0v) is 16.7. The van der Waals surface area contributed by atoms with E-state index in [1.54, 1.807) is 0 Å². The quantitative estimate of drug-likeness (QED) is 0.176. The Morgan fingerprint density at radius 1 is 0.773 bits per heavy atom. The maximum absolute atomic E-state index is 5.36. The van der Waals surface area contributed by atoms with Crippen LogP contribution in [0.25, 0.3) is 0 Å². The fraction of sp³-hybridized carbons (Fsp3) is 0.947. The summed E-state index contributed by atoms with van der Waals surface area (Å²) in [7, 11) is 0. The largest absolute Gasteiger partial charge is 0.476 e. The molecule has 1 atom stereocenters. The summed E-state index contributed by atoms with van der Waals surface area (Å²) in [6, 6.07) is 0. The Labute approximate surface area is 150 Å². The van der Waals surface area contributed by atoms with Gasteiger partial charge in [-0.05, 0) is 32.0 Å². The van der Waals surface area contributed by atoms with Crippen LogP contribution in [0.5, 0.6) is 0 Å². The van der Waals surface area contributed by atoms with E-state index in [-0.39, 0.29) is 6.10 Å². The van der Waals surface area contributed by atoms with Crippen LogP contribution in [0, 0.1) is 0 Å². The molecule has 0 radical (unpaired) electrons. The van der Waals surface area contributed by atoms with Crippen LogP contribution in [-0.2, 0) is 4.74 Å². The standard InChI is InChI=1S/C19H38OS2/c1-3-4-5-6-7-8-9-10-11-12-13-14-15-16-17-18(2)20-19(21)22/h18H,3-17H2,1-2H3,(H,21,22). The summed E-state index contributed by atoms with van der Waals surface area (Å²) in [5.41, 5.74) is 0. The van der Waals surface area contributed by atoms with Crippen molar-refractivity contribution < 1.29 is 4.74 Å². The molecule has 0 saturated heterocycles. The van der Waals surface area contributed by atoms with E-state index in [2.05, 4.69) is 26.5 Å². The number of ether oxygens (including phenoxy) is 1. The third kappa shape index (κ3) is 18.3. The van der Waals surface area contributed by atoms with Crippen molar-refractivity contribution in [1.29, 1.82) is 0 Å². The molecule has 1 unspecified atom stereocenters. The predicted octanol–water partition coefficient (Wildman–Crippen LogP) is 7.48. The molecule has 0 spiro atoms. The first-order chi connectivity index (χ1) is 10.7.